The van der Waals surface area contributed by atoms with Gasteiger partial charge >= 0.3 is 28.5 Å². The monoisotopic (exact) mass is 1380 g/mol. The molecule has 9 nitrogen and oxygen atoms in total. The van der Waals surface area contributed by atoms with Crippen molar-refractivity contribution in [3.8, 4) is 22.3 Å². The molecule has 0 saturated carbocycles. The van der Waals surface area contributed by atoms with Crippen LogP contribution in [0.3, 0.4) is 0 Å². The molecule has 4 aliphatic rings. The summed E-state index contributed by atoms with van der Waals surface area (Å²) in [6, 6.07) is 76.8. The highest BCUT2D eigenvalue weighted by Crippen LogP contribution is 2.45. The molecule has 14 aromatic rings. The Balaban J connectivity index is 0.000000109. The fourth-order valence-corrected chi connectivity index (χ4v) is 16.9. The van der Waals surface area contributed by atoms with E-state index in [0.717, 1.165) is 43.8 Å². The van der Waals surface area contributed by atoms with Crippen LogP contribution in [0.5, 0.6) is 0 Å². The van der Waals surface area contributed by atoms with Crippen LogP contribution in [-0.4, -0.2) is 73.3 Å². The van der Waals surface area contributed by atoms with Gasteiger partial charge in [-0.05, 0) is 209 Å². The van der Waals surface area contributed by atoms with Crippen molar-refractivity contribution in [2.24, 2.45) is 0 Å². The molecule has 0 atom stereocenters. The summed E-state index contributed by atoms with van der Waals surface area (Å²) in [4.78, 5) is 0. The third-order valence-electron chi connectivity index (χ3n) is 22.2. The van der Waals surface area contributed by atoms with Crippen LogP contribution in [0.4, 0.5) is 0 Å². The molecule has 504 valence electrons. The number of para-hydroxylation sites is 1. The second-order valence-corrected chi connectivity index (χ2v) is 34.1. The van der Waals surface area contributed by atoms with Crippen molar-refractivity contribution in [1.82, 2.24) is 0 Å². The van der Waals surface area contributed by atoms with Crippen molar-refractivity contribution in [3.05, 3.63) is 218 Å². The van der Waals surface area contributed by atoms with Crippen molar-refractivity contribution >= 4 is 167 Å². The van der Waals surface area contributed by atoms with E-state index < -0.39 is 0 Å². The number of fused-ring (bicyclic) bond motifs is 12. The highest BCUT2D eigenvalue weighted by atomic mass is 32.1. The van der Waals surface area contributed by atoms with Crippen molar-refractivity contribution < 1.29 is 41.7 Å². The number of furan rings is 1. The number of thiophene rings is 3. The average molecular weight is 1380 g/mol. The van der Waals surface area contributed by atoms with Crippen molar-refractivity contribution in [2.45, 2.75) is 156 Å². The van der Waals surface area contributed by atoms with Gasteiger partial charge < -0.3 is 41.7 Å². The molecule has 10 aromatic carbocycles. The van der Waals surface area contributed by atoms with Gasteiger partial charge in [-0.2, -0.15) is 0 Å². The molecule has 4 saturated heterocycles. The Morgan fingerprint density at radius 3 is 1.17 bits per heavy atom. The SMILES string of the molecule is CC1(C)OB(c2ccc(-c3cccc4sc5ccccc5c34)cc2)OC1(C)C.CC1(C)OB(c2cccc(-c3ccc4c(c3)sc3ccccc34)c2)OC1(C)C.CC1(C)OB(c2cccc3oc4ccccc4c23)OC1(C)C.CC1(C)OB(c2cccc3sc4ccccc4c23)OC1(C)C. The minimum atomic E-state index is -0.380. The summed E-state index contributed by atoms with van der Waals surface area (Å²) < 4.78 is 63.6. The lowest BCUT2D eigenvalue weighted by Gasteiger charge is -2.32. The summed E-state index contributed by atoms with van der Waals surface area (Å²) in [5.74, 6) is 0. The zero-order valence-electron chi connectivity index (χ0n) is 60.0. The molecular formula is C84H84B4O9S3. The van der Waals surface area contributed by atoms with E-state index in [2.05, 4.69) is 299 Å². The molecule has 18 rings (SSSR count). The molecule has 0 amide bonds. The second kappa shape index (κ2) is 25.2. The maximum Gasteiger partial charge on any atom is 0.495 e. The minimum Gasteiger partial charge on any atom is -0.456 e. The van der Waals surface area contributed by atoms with Crippen LogP contribution >= 0.6 is 34.0 Å². The Bertz CT molecular complexity index is 5220. The van der Waals surface area contributed by atoms with Crippen molar-refractivity contribution in [1.29, 1.82) is 0 Å². The van der Waals surface area contributed by atoms with Gasteiger partial charge in [0.2, 0.25) is 0 Å². The highest BCUT2D eigenvalue weighted by molar-refractivity contribution is 7.26. The fourth-order valence-electron chi connectivity index (χ4n) is 13.5. The van der Waals surface area contributed by atoms with Crippen molar-refractivity contribution in [2.75, 3.05) is 0 Å². The van der Waals surface area contributed by atoms with Gasteiger partial charge in [0, 0.05) is 65.9 Å². The normalized spacial score (nSPS) is 19.0. The van der Waals surface area contributed by atoms with E-state index in [0.29, 0.717) is 0 Å². The number of hydrogen-bond donors (Lipinski definition) is 0. The van der Waals surface area contributed by atoms with Crippen LogP contribution in [0.2, 0.25) is 0 Å². The lowest BCUT2D eigenvalue weighted by atomic mass is 9.76. The first-order valence-corrected chi connectivity index (χ1v) is 37.2. The molecule has 4 fully saturated rings. The van der Waals surface area contributed by atoms with Gasteiger partial charge in [0.15, 0.2) is 0 Å². The second-order valence-electron chi connectivity index (χ2n) is 30.8. The molecule has 4 aromatic heterocycles. The van der Waals surface area contributed by atoms with Crippen LogP contribution in [0.25, 0.3) is 105 Å². The molecule has 0 radical (unpaired) electrons. The summed E-state index contributed by atoms with van der Waals surface area (Å²) in [6.07, 6.45) is 0. The van der Waals surface area contributed by atoms with Crippen LogP contribution in [0.15, 0.2) is 223 Å². The lowest BCUT2D eigenvalue weighted by Crippen LogP contribution is -2.41. The predicted octanol–water partition coefficient (Wildman–Crippen LogP) is 20.3. The Morgan fingerprint density at radius 1 is 0.240 bits per heavy atom. The zero-order chi connectivity index (χ0) is 70.1. The quantitative estimate of drug-likeness (QED) is 0.151. The van der Waals surface area contributed by atoms with E-state index in [-0.39, 0.29) is 73.3 Å². The Hall–Kier alpha value is -7.40. The molecule has 0 N–H and O–H groups in total. The van der Waals surface area contributed by atoms with E-state index >= 15 is 0 Å². The highest BCUT2D eigenvalue weighted by Gasteiger charge is 2.55. The van der Waals surface area contributed by atoms with Crippen LogP contribution in [-0.2, 0) is 37.2 Å². The molecule has 8 heterocycles. The minimum absolute atomic E-state index is 0.313. The largest absolute Gasteiger partial charge is 0.495 e. The third kappa shape index (κ3) is 12.3. The molecule has 0 bridgehead atoms. The molecule has 100 heavy (non-hydrogen) atoms. The first kappa shape index (κ1) is 68.4. The first-order valence-electron chi connectivity index (χ1n) is 34.7. The maximum atomic E-state index is 6.26. The van der Waals surface area contributed by atoms with Gasteiger partial charge in [-0.25, -0.2) is 0 Å². The average Bonchev–Trinajstić information content (AvgIpc) is 1.61. The molecular weight excluding hydrogens is 1290 g/mol. The third-order valence-corrected chi connectivity index (χ3v) is 25.6. The first-order chi connectivity index (χ1) is 47.5. The van der Waals surface area contributed by atoms with Crippen LogP contribution < -0.4 is 21.9 Å². The van der Waals surface area contributed by atoms with Gasteiger partial charge in [0.05, 0.1) is 44.8 Å². The summed E-state index contributed by atoms with van der Waals surface area (Å²) in [6.45, 7) is 33.4. The smallest absolute Gasteiger partial charge is 0.456 e. The van der Waals surface area contributed by atoms with E-state index in [1.165, 1.54) is 82.8 Å². The van der Waals surface area contributed by atoms with Gasteiger partial charge in [-0.1, -0.05) is 170 Å². The van der Waals surface area contributed by atoms with E-state index in [1.54, 1.807) is 0 Å². The van der Waals surface area contributed by atoms with E-state index in [4.69, 9.17) is 41.7 Å². The Labute approximate surface area is 600 Å². The molecule has 4 aliphatic heterocycles. The fraction of sp³-hybridized carbons (Fsp3) is 0.286. The molecule has 0 spiro atoms. The summed E-state index contributed by atoms with van der Waals surface area (Å²) in [7, 11) is -1.35. The van der Waals surface area contributed by atoms with Gasteiger partial charge in [-0.15, -0.1) is 34.0 Å². The predicted molar refractivity (Wildman–Crippen MR) is 425 cm³/mol. The summed E-state index contributed by atoms with van der Waals surface area (Å²) >= 11 is 5.53. The maximum absolute atomic E-state index is 6.26. The van der Waals surface area contributed by atoms with Gasteiger partial charge in [0.1, 0.15) is 11.2 Å². The van der Waals surface area contributed by atoms with Gasteiger partial charge in [0.25, 0.3) is 0 Å². The standard InChI is InChI=1S/2C24H23BO2S.C18H19BO3.C18H19BO2S/c1-23(2)24(3,4)27-25(26-23)18-9-7-8-16(14-18)17-12-13-20-19-10-5-6-11-21(19)28-22(20)15-17;1-23(2)24(3,4)27-25(26-23)17-14-12-16(13-15-17)18-9-7-11-21-22(18)19-8-5-6-10-20(19)28-21;1-17(2)18(3,4)22-19(21-17)13-9-7-11-15-16(13)12-8-5-6-10-14(12)20-15;1-17(2)18(3,4)21-19(20-17)13-9-7-11-15-16(13)12-8-5-6-10-14(12)22-15/h2*5-15H,1-4H3;2*5-11H,1-4H3. The zero-order valence-corrected chi connectivity index (χ0v) is 62.4. The number of rotatable bonds is 6. The van der Waals surface area contributed by atoms with Crippen LogP contribution in [0, 0.1) is 0 Å². The lowest BCUT2D eigenvalue weighted by molar-refractivity contribution is 0.00578. The molecule has 0 unspecified atom stereocenters. The Morgan fingerprint density at radius 2 is 0.610 bits per heavy atom. The van der Waals surface area contributed by atoms with E-state index in [1.807, 2.05) is 64.3 Å². The Kier molecular flexibility index (Phi) is 17.3. The number of benzene rings is 10. The van der Waals surface area contributed by atoms with Crippen molar-refractivity contribution in [3.63, 3.8) is 0 Å². The molecule has 16 heteroatoms. The summed E-state index contributed by atoms with van der Waals surface area (Å²) in [5, 5.41) is 10.1. The topological polar surface area (TPSA) is 87.0 Å². The number of hydrogen-bond acceptors (Lipinski definition) is 12. The van der Waals surface area contributed by atoms with Crippen LogP contribution in [0.1, 0.15) is 111 Å². The molecule has 0 aliphatic carbocycles. The van der Waals surface area contributed by atoms with Gasteiger partial charge in [-0.3, -0.25) is 0 Å². The summed E-state index contributed by atoms with van der Waals surface area (Å²) in [5.41, 5.74) is 8.31. The van der Waals surface area contributed by atoms with E-state index in [9.17, 15) is 0 Å².